The fourth-order valence-electron chi connectivity index (χ4n) is 3.90. The van der Waals surface area contributed by atoms with Crippen LogP contribution in [0.3, 0.4) is 0 Å². The summed E-state index contributed by atoms with van der Waals surface area (Å²) in [5.74, 6) is 1.56. The second-order valence-corrected chi connectivity index (χ2v) is 8.40. The van der Waals surface area contributed by atoms with Gasteiger partial charge in [-0.15, -0.1) is 0 Å². The summed E-state index contributed by atoms with van der Waals surface area (Å²) >= 11 is 0. The molecule has 1 aromatic carbocycles. The molecule has 1 aliphatic heterocycles. The van der Waals surface area contributed by atoms with Gasteiger partial charge < -0.3 is 24.3 Å². The van der Waals surface area contributed by atoms with E-state index < -0.39 is 0 Å². The minimum atomic E-state index is -0.176. The van der Waals surface area contributed by atoms with Crippen molar-refractivity contribution in [1.82, 2.24) is 5.32 Å². The number of amides is 1. The van der Waals surface area contributed by atoms with Crippen LogP contribution < -0.4 is 10.1 Å². The molecule has 2 aliphatic carbocycles. The number of rotatable bonds is 10. The molecule has 1 amide bonds. The molecule has 3 aliphatic rings. The van der Waals surface area contributed by atoms with Crippen LogP contribution in [0.2, 0.25) is 0 Å². The zero-order valence-electron chi connectivity index (χ0n) is 17.8. The number of benzene rings is 1. The Morgan fingerprint density at radius 1 is 1.10 bits per heavy atom. The summed E-state index contributed by atoms with van der Waals surface area (Å²) in [6.07, 6.45) is 9.26. The molecule has 1 unspecified atom stereocenters. The van der Waals surface area contributed by atoms with Gasteiger partial charge in [-0.1, -0.05) is 12.1 Å². The van der Waals surface area contributed by atoms with Crippen LogP contribution in [-0.4, -0.2) is 44.2 Å². The number of carbonyl (C=O) groups is 1. The van der Waals surface area contributed by atoms with Crippen LogP contribution in [0.15, 0.2) is 36.1 Å². The highest BCUT2D eigenvalue weighted by molar-refractivity contribution is 5.92. The van der Waals surface area contributed by atoms with Gasteiger partial charge in [0, 0.05) is 12.6 Å². The summed E-state index contributed by atoms with van der Waals surface area (Å²) in [4.78, 5) is 12.5. The highest BCUT2D eigenvalue weighted by atomic mass is 16.7. The lowest BCUT2D eigenvalue weighted by Gasteiger charge is -2.35. The quantitative estimate of drug-likeness (QED) is 0.355. The average Bonchev–Trinajstić information content (AvgIpc) is 3.59. The summed E-state index contributed by atoms with van der Waals surface area (Å²) in [6, 6.07) is 8.20. The van der Waals surface area contributed by atoms with Gasteiger partial charge in [-0.3, -0.25) is 4.79 Å². The Hall–Kier alpha value is -1.89. The van der Waals surface area contributed by atoms with Crippen molar-refractivity contribution in [1.29, 1.82) is 0 Å². The zero-order chi connectivity index (χ0) is 20.8. The van der Waals surface area contributed by atoms with Crippen LogP contribution in [0.5, 0.6) is 5.75 Å². The number of hydrogen-bond acceptors (Lipinski definition) is 5. The maximum absolute atomic E-state index is 12.5. The normalized spacial score (nSPS) is 26.7. The van der Waals surface area contributed by atoms with Crippen molar-refractivity contribution in [3.8, 4) is 5.75 Å². The van der Waals surface area contributed by atoms with Gasteiger partial charge in [-0.25, -0.2) is 0 Å². The second kappa shape index (κ2) is 10.4. The first kappa shape index (κ1) is 21.3. The van der Waals surface area contributed by atoms with Crippen LogP contribution in [-0.2, 0) is 19.0 Å². The third-order valence-corrected chi connectivity index (χ3v) is 5.95. The molecule has 164 valence electrons. The molecule has 1 atom stereocenters. The lowest BCUT2D eigenvalue weighted by atomic mass is 9.89. The Kier molecular flexibility index (Phi) is 7.42. The minimum absolute atomic E-state index is 0.0695. The molecule has 0 spiro atoms. The largest absolute Gasteiger partial charge is 0.452 e. The smallest absolute Gasteiger partial charge is 0.286 e. The second-order valence-electron chi connectivity index (χ2n) is 8.40. The van der Waals surface area contributed by atoms with E-state index in [1.165, 1.54) is 24.8 Å². The van der Waals surface area contributed by atoms with Gasteiger partial charge in [0.2, 0.25) is 0 Å². The molecule has 1 saturated heterocycles. The van der Waals surface area contributed by atoms with Crippen molar-refractivity contribution in [3.63, 3.8) is 0 Å². The van der Waals surface area contributed by atoms with E-state index >= 15 is 0 Å². The molecular weight excluding hydrogens is 382 g/mol. The van der Waals surface area contributed by atoms with Gasteiger partial charge in [-0.2, -0.15) is 0 Å². The summed E-state index contributed by atoms with van der Waals surface area (Å²) < 4.78 is 22.8. The van der Waals surface area contributed by atoms with E-state index in [1.54, 1.807) is 6.08 Å². The molecule has 30 heavy (non-hydrogen) atoms. The lowest BCUT2D eigenvalue weighted by molar-refractivity contribution is -0.174. The predicted molar refractivity (Wildman–Crippen MR) is 113 cm³/mol. The van der Waals surface area contributed by atoms with Crippen LogP contribution in [0.25, 0.3) is 0 Å². The van der Waals surface area contributed by atoms with Crippen LogP contribution >= 0.6 is 0 Å². The molecule has 1 aromatic rings. The van der Waals surface area contributed by atoms with Crippen LogP contribution in [0, 0.1) is 0 Å². The minimum Gasteiger partial charge on any atom is -0.452 e. The first-order valence-electron chi connectivity index (χ1n) is 11.3. The summed E-state index contributed by atoms with van der Waals surface area (Å²) in [5, 5.41) is 3.04. The molecule has 2 saturated carbocycles. The summed E-state index contributed by atoms with van der Waals surface area (Å²) in [6.45, 7) is 3.72. The fraction of sp³-hybridized carbons (Fsp3) is 0.625. The monoisotopic (exact) mass is 415 g/mol. The molecule has 0 bridgehead atoms. The Balaban J connectivity index is 1.11. The maximum atomic E-state index is 12.5. The first-order valence-corrected chi connectivity index (χ1v) is 11.3. The van der Waals surface area contributed by atoms with Crippen molar-refractivity contribution in [2.24, 2.45) is 0 Å². The standard InChI is InChI=1S/C24H33NO5/c1-2-22(30-20-10-8-18(9-11-20)17-6-7-17)24(26)25-19-15-21(16-19)27-13-14-29-23-5-3-4-12-28-23/h2,8-11,17,19,21,23H,3-7,12-16H2,1H3,(H,25,26). The number of carbonyl (C=O) groups excluding carboxylic acids is 1. The van der Waals surface area contributed by atoms with Crippen molar-refractivity contribution in [2.75, 3.05) is 19.8 Å². The van der Waals surface area contributed by atoms with E-state index in [2.05, 4.69) is 17.4 Å². The number of nitrogens with one attached hydrogen (secondary N) is 1. The maximum Gasteiger partial charge on any atom is 0.286 e. The Morgan fingerprint density at radius 3 is 2.53 bits per heavy atom. The third kappa shape index (κ3) is 6.06. The average molecular weight is 416 g/mol. The van der Waals surface area contributed by atoms with E-state index in [0.29, 0.717) is 30.6 Å². The topological polar surface area (TPSA) is 66.0 Å². The van der Waals surface area contributed by atoms with E-state index in [4.69, 9.17) is 18.9 Å². The number of hydrogen-bond donors (Lipinski definition) is 1. The van der Waals surface area contributed by atoms with Crippen LogP contribution in [0.4, 0.5) is 0 Å². The molecule has 1 N–H and O–H groups in total. The molecule has 6 heteroatoms. The predicted octanol–water partition coefficient (Wildman–Crippen LogP) is 4.05. The molecule has 0 aromatic heterocycles. The molecular formula is C24H33NO5. The van der Waals surface area contributed by atoms with Gasteiger partial charge in [0.05, 0.1) is 19.3 Å². The Morgan fingerprint density at radius 2 is 1.87 bits per heavy atom. The van der Waals surface area contributed by atoms with Crippen LogP contribution in [0.1, 0.15) is 63.4 Å². The molecule has 0 radical (unpaired) electrons. The van der Waals surface area contributed by atoms with Gasteiger partial charge in [0.1, 0.15) is 5.75 Å². The Bertz CT molecular complexity index is 716. The van der Waals surface area contributed by atoms with Gasteiger partial charge in [-0.05, 0) is 81.6 Å². The number of ether oxygens (including phenoxy) is 4. The molecule has 6 nitrogen and oxygen atoms in total. The van der Waals surface area contributed by atoms with Gasteiger partial charge in [0.15, 0.2) is 12.0 Å². The van der Waals surface area contributed by atoms with Crippen molar-refractivity contribution in [3.05, 3.63) is 41.7 Å². The Labute approximate surface area is 178 Å². The number of allylic oxidation sites excluding steroid dienone is 1. The van der Waals surface area contributed by atoms with E-state index in [-0.39, 0.29) is 24.3 Å². The van der Waals surface area contributed by atoms with Gasteiger partial charge in [0.25, 0.3) is 5.91 Å². The first-order chi connectivity index (χ1) is 14.7. The summed E-state index contributed by atoms with van der Waals surface area (Å²) in [5.41, 5.74) is 1.35. The lowest BCUT2D eigenvalue weighted by Crippen LogP contribution is -2.48. The van der Waals surface area contributed by atoms with E-state index in [9.17, 15) is 4.79 Å². The van der Waals surface area contributed by atoms with E-state index in [0.717, 1.165) is 32.3 Å². The highest BCUT2D eigenvalue weighted by Crippen LogP contribution is 2.40. The van der Waals surface area contributed by atoms with Crippen molar-refractivity contribution >= 4 is 5.91 Å². The molecule has 4 rings (SSSR count). The van der Waals surface area contributed by atoms with Gasteiger partial charge >= 0.3 is 0 Å². The SMILES string of the molecule is CC=C(Oc1ccc(C2CC2)cc1)C(=O)NC1CC(OCCOC2CCCCO2)C1. The fourth-order valence-corrected chi connectivity index (χ4v) is 3.90. The third-order valence-electron chi connectivity index (χ3n) is 5.95. The molecule has 3 fully saturated rings. The zero-order valence-corrected chi connectivity index (χ0v) is 17.8. The summed E-state index contributed by atoms with van der Waals surface area (Å²) in [7, 11) is 0. The highest BCUT2D eigenvalue weighted by Gasteiger charge is 2.32. The van der Waals surface area contributed by atoms with Crippen molar-refractivity contribution in [2.45, 2.75) is 76.2 Å². The molecule has 1 heterocycles. The van der Waals surface area contributed by atoms with Crippen molar-refractivity contribution < 1.29 is 23.7 Å². The van der Waals surface area contributed by atoms with E-state index in [1.807, 2.05) is 19.1 Å².